The average Bonchev–Trinajstić information content (AvgIpc) is 3.02. The van der Waals surface area contributed by atoms with E-state index in [1.54, 1.807) is 17.0 Å². The second-order valence-corrected chi connectivity index (χ2v) is 7.14. The number of nitrogens with one attached hydrogen (secondary N) is 1. The van der Waals surface area contributed by atoms with Crippen LogP contribution >= 0.6 is 0 Å². The van der Waals surface area contributed by atoms with Gasteiger partial charge in [-0.05, 0) is 50.0 Å². The lowest BCUT2D eigenvalue weighted by Crippen LogP contribution is -2.31. The quantitative estimate of drug-likeness (QED) is 0.746. The summed E-state index contributed by atoms with van der Waals surface area (Å²) in [5.74, 6) is 0.461. The fourth-order valence-electron chi connectivity index (χ4n) is 3.46. The lowest BCUT2D eigenvalue weighted by atomic mass is 10.1. The molecule has 4 rings (SSSR count). The minimum absolute atomic E-state index is 0.00522. The van der Waals surface area contributed by atoms with Gasteiger partial charge in [-0.1, -0.05) is 24.3 Å². The monoisotopic (exact) mass is 374 g/mol. The molecule has 0 saturated carbocycles. The van der Waals surface area contributed by atoms with Crippen LogP contribution in [0.15, 0.2) is 54.6 Å². The van der Waals surface area contributed by atoms with Crippen LogP contribution in [0.5, 0.6) is 0 Å². The third-order valence-electron chi connectivity index (χ3n) is 4.86. The molecule has 28 heavy (non-hydrogen) atoms. The molecule has 6 heteroatoms. The zero-order valence-electron chi connectivity index (χ0n) is 16.0. The zero-order valence-corrected chi connectivity index (χ0v) is 16.0. The van der Waals surface area contributed by atoms with Gasteiger partial charge in [0.05, 0.1) is 17.6 Å². The van der Waals surface area contributed by atoms with Crippen LogP contribution in [0.1, 0.15) is 15.9 Å². The highest BCUT2D eigenvalue weighted by atomic mass is 16.2. The van der Waals surface area contributed by atoms with Gasteiger partial charge in [0, 0.05) is 24.0 Å². The Labute approximate surface area is 163 Å². The molecule has 0 atom stereocenters. The highest BCUT2D eigenvalue weighted by molar-refractivity contribution is 6.09. The molecule has 0 spiro atoms. The van der Waals surface area contributed by atoms with Crippen molar-refractivity contribution in [3.05, 3.63) is 65.7 Å². The van der Waals surface area contributed by atoms with Crippen LogP contribution in [0.3, 0.4) is 0 Å². The van der Waals surface area contributed by atoms with Gasteiger partial charge in [-0.3, -0.25) is 14.5 Å². The summed E-state index contributed by atoms with van der Waals surface area (Å²) in [5.41, 5.74) is 3.15. The van der Waals surface area contributed by atoms with Crippen molar-refractivity contribution in [1.29, 1.82) is 0 Å². The Kier molecular flexibility index (Phi) is 4.79. The van der Waals surface area contributed by atoms with Crippen molar-refractivity contribution >= 4 is 34.2 Å². The molecule has 0 unspecified atom stereocenters. The predicted molar refractivity (Wildman–Crippen MR) is 110 cm³/mol. The van der Waals surface area contributed by atoms with E-state index < -0.39 is 0 Å². The molecule has 2 heterocycles. The van der Waals surface area contributed by atoms with E-state index in [0.717, 1.165) is 23.2 Å². The first-order valence-corrected chi connectivity index (χ1v) is 9.28. The summed E-state index contributed by atoms with van der Waals surface area (Å²) in [6.07, 6.45) is 0.379. The Morgan fingerprint density at radius 3 is 2.75 bits per heavy atom. The van der Waals surface area contributed by atoms with E-state index in [4.69, 9.17) is 0 Å². The molecule has 0 fully saturated rings. The number of likely N-dealkylation sites (N-methyl/N-ethyl adjacent to an activating group) is 1. The number of benzene rings is 2. The van der Waals surface area contributed by atoms with Crippen molar-refractivity contribution in [3.63, 3.8) is 0 Å². The van der Waals surface area contributed by atoms with Crippen molar-refractivity contribution in [3.8, 4) is 0 Å². The average molecular weight is 374 g/mol. The van der Waals surface area contributed by atoms with Crippen molar-refractivity contribution in [1.82, 2.24) is 15.2 Å². The van der Waals surface area contributed by atoms with Crippen molar-refractivity contribution in [2.24, 2.45) is 0 Å². The summed E-state index contributed by atoms with van der Waals surface area (Å²) < 4.78 is 0. The maximum Gasteiger partial charge on any atom is 0.252 e. The van der Waals surface area contributed by atoms with E-state index in [2.05, 4.69) is 10.3 Å². The van der Waals surface area contributed by atoms with Gasteiger partial charge in [0.15, 0.2) is 0 Å². The van der Waals surface area contributed by atoms with Gasteiger partial charge >= 0.3 is 0 Å². The van der Waals surface area contributed by atoms with Gasteiger partial charge in [0.2, 0.25) is 5.91 Å². The smallest absolute Gasteiger partial charge is 0.252 e. The van der Waals surface area contributed by atoms with Crippen LogP contribution in [0.25, 0.3) is 10.9 Å². The van der Waals surface area contributed by atoms with Crippen LogP contribution in [0.2, 0.25) is 0 Å². The van der Waals surface area contributed by atoms with Gasteiger partial charge in [0.25, 0.3) is 5.91 Å². The molecule has 1 aromatic heterocycles. The number of fused-ring (bicyclic) bond motifs is 2. The molecule has 142 valence electrons. The van der Waals surface area contributed by atoms with Crippen LogP contribution in [0.4, 0.5) is 11.5 Å². The lowest BCUT2D eigenvalue weighted by Gasteiger charge is -2.17. The molecular weight excluding hydrogens is 352 g/mol. The Morgan fingerprint density at radius 1 is 1.11 bits per heavy atom. The summed E-state index contributed by atoms with van der Waals surface area (Å²) in [6.45, 7) is 1.35. The van der Waals surface area contributed by atoms with Gasteiger partial charge in [-0.15, -0.1) is 0 Å². The molecule has 0 bridgehead atoms. The molecule has 1 N–H and O–H groups in total. The van der Waals surface area contributed by atoms with Crippen LogP contribution in [-0.4, -0.2) is 48.9 Å². The fourth-order valence-corrected chi connectivity index (χ4v) is 3.46. The number of hydrogen-bond donors (Lipinski definition) is 1. The minimum Gasteiger partial charge on any atom is -0.351 e. The molecule has 1 aliphatic rings. The first-order chi connectivity index (χ1) is 13.5. The number of carbonyl (C=O) groups excluding carboxylic acids is 2. The van der Waals surface area contributed by atoms with Crippen LogP contribution < -0.4 is 10.2 Å². The van der Waals surface area contributed by atoms with Crippen molar-refractivity contribution < 1.29 is 9.59 Å². The van der Waals surface area contributed by atoms with E-state index in [9.17, 15) is 9.59 Å². The van der Waals surface area contributed by atoms with Crippen molar-refractivity contribution in [2.45, 2.75) is 6.42 Å². The summed E-state index contributed by atoms with van der Waals surface area (Å²) in [7, 11) is 3.93. The second-order valence-electron chi connectivity index (χ2n) is 7.14. The number of rotatable bonds is 5. The molecule has 0 saturated heterocycles. The first kappa shape index (κ1) is 18.1. The van der Waals surface area contributed by atoms with Gasteiger partial charge < -0.3 is 10.2 Å². The molecule has 1 aliphatic heterocycles. The fraction of sp³-hybridized carbons (Fsp3) is 0.227. The first-order valence-electron chi connectivity index (χ1n) is 9.28. The highest BCUT2D eigenvalue weighted by Gasteiger charge is 2.29. The Hall–Kier alpha value is -3.25. The Morgan fingerprint density at radius 2 is 1.93 bits per heavy atom. The number of aromatic nitrogens is 1. The maximum atomic E-state index is 12.6. The van der Waals surface area contributed by atoms with Crippen LogP contribution in [-0.2, 0) is 11.2 Å². The summed E-state index contributed by atoms with van der Waals surface area (Å²) >= 11 is 0. The number of amides is 2. The largest absolute Gasteiger partial charge is 0.351 e. The number of para-hydroxylation sites is 1. The lowest BCUT2D eigenvalue weighted by molar-refractivity contribution is -0.116. The molecule has 3 aromatic rings. The molecule has 2 aromatic carbocycles. The van der Waals surface area contributed by atoms with E-state index in [1.165, 1.54) is 0 Å². The number of nitrogens with zero attached hydrogens (tertiary/aromatic N) is 3. The molecule has 6 nitrogen and oxygen atoms in total. The standard InChI is InChI=1S/C22H22N4O2/c1-25(2)13-12-23-22(28)17-7-5-8-18-16(17)10-11-20(24-18)26-19-9-4-3-6-15(19)14-21(26)27/h3-11H,12-14H2,1-2H3,(H,23,28). The zero-order chi connectivity index (χ0) is 19.7. The molecule has 0 radical (unpaired) electrons. The third-order valence-corrected chi connectivity index (χ3v) is 4.86. The Bertz CT molecular complexity index is 1060. The van der Waals surface area contributed by atoms with Gasteiger partial charge in [0.1, 0.15) is 5.82 Å². The predicted octanol–water partition coefficient (Wildman–Crippen LogP) is 2.75. The molecular formula is C22H22N4O2. The van der Waals surface area contributed by atoms with E-state index in [0.29, 0.717) is 29.9 Å². The van der Waals surface area contributed by atoms with E-state index in [1.807, 2.05) is 61.5 Å². The summed E-state index contributed by atoms with van der Waals surface area (Å²) in [6, 6.07) is 16.9. The minimum atomic E-state index is -0.121. The summed E-state index contributed by atoms with van der Waals surface area (Å²) in [4.78, 5) is 33.5. The van der Waals surface area contributed by atoms with Crippen LogP contribution in [0, 0.1) is 0 Å². The van der Waals surface area contributed by atoms with Crippen molar-refractivity contribution in [2.75, 3.05) is 32.1 Å². The van der Waals surface area contributed by atoms with E-state index >= 15 is 0 Å². The molecule has 0 aliphatic carbocycles. The van der Waals surface area contributed by atoms with E-state index in [-0.39, 0.29) is 11.8 Å². The number of carbonyl (C=O) groups is 2. The second kappa shape index (κ2) is 7.40. The number of pyridine rings is 1. The third kappa shape index (κ3) is 3.34. The normalized spacial score (nSPS) is 13.2. The SMILES string of the molecule is CN(C)CCNC(=O)c1cccc2nc(N3C(=O)Cc4ccccc43)ccc12. The Balaban J connectivity index is 1.66. The van der Waals surface area contributed by atoms with Gasteiger partial charge in [-0.25, -0.2) is 4.98 Å². The molecule has 2 amide bonds. The van der Waals surface area contributed by atoms with Gasteiger partial charge in [-0.2, -0.15) is 0 Å². The number of anilines is 2. The maximum absolute atomic E-state index is 12.6. The highest BCUT2D eigenvalue weighted by Crippen LogP contribution is 2.35. The number of hydrogen-bond acceptors (Lipinski definition) is 4. The topological polar surface area (TPSA) is 65.5 Å². The summed E-state index contributed by atoms with van der Waals surface area (Å²) in [5, 5.41) is 3.71.